The van der Waals surface area contributed by atoms with Gasteiger partial charge in [0.05, 0.1) is 23.9 Å². The van der Waals surface area contributed by atoms with Crippen molar-refractivity contribution in [2.24, 2.45) is 10.7 Å². The van der Waals surface area contributed by atoms with Crippen LogP contribution >= 0.6 is 0 Å². The molecule has 0 radical (unpaired) electrons. The molecule has 2 heterocycles. The molecule has 2 aromatic carbocycles. The van der Waals surface area contributed by atoms with Crippen molar-refractivity contribution in [1.82, 2.24) is 4.98 Å². The van der Waals surface area contributed by atoms with Crippen molar-refractivity contribution in [1.29, 1.82) is 0 Å². The number of ether oxygens (including phenoxy) is 2. The van der Waals surface area contributed by atoms with E-state index < -0.39 is 23.4 Å². The number of rotatable bonds is 6. The van der Waals surface area contributed by atoms with Crippen LogP contribution in [0.15, 0.2) is 53.7 Å². The van der Waals surface area contributed by atoms with Crippen molar-refractivity contribution >= 4 is 11.5 Å². The molecule has 0 fully saturated rings. The number of halogens is 5. The van der Waals surface area contributed by atoms with Gasteiger partial charge >= 0.3 is 6.18 Å². The van der Waals surface area contributed by atoms with E-state index in [2.05, 4.69) is 9.98 Å². The summed E-state index contributed by atoms with van der Waals surface area (Å²) in [6.07, 6.45) is -3.12. The maximum atomic E-state index is 14.4. The number of aliphatic imine (C=N–C) groups is 1. The SMILES string of the molecule is COc1cc(CCN2CN=C(N)c3c(F)ccc(F)c32)ccc1Oc1cc(C(F)(F)F)ccn1. The molecular weight excluding hydrogens is 459 g/mol. The minimum Gasteiger partial charge on any atom is -0.493 e. The van der Waals surface area contributed by atoms with Crippen molar-refractivity contribution in [2.75, 3.05) is 25.2 Å². The summed E-state index contributed by atoms with van der Waals surface area (Å²) >= 11 is 0. The molecule has 0 atom stereocenters. The van der Waals surface area contributed by atoms with Crippen molar-refractivity contribution in [3.8, 4) is 17.4 Å². The highest BCUT2D eigenvalue weighted by Gasteiger charge is 2.31. The van der Waals surface area contributed by atoms with Gasteiger partial charge in [0.1, 0.15) is 24.1 Å². The van der Waals surface area contributed by atoms with E-state index in [-0.39, 0.29) is 41.1 Å². The van der Waals surface area contributed by atoms with Crippen LogP contribution in [0.2, 0.25) is 0 Å². The molecule has 0 saturated carbocycles. The monoisotopic (exact) mass is 478 g/mol. The Morgan fingerprint density at radius 1 is 1.03 bits per heavy atom. The van der Waals surface area contributed by atoms with Crippen LogP contribution in [-0.2, 0) is 12.6 Å². The van der Waals surface area contributed by atoms with E-state index in [1.54, 1.807) is 17.0 Å². The van der Waals surface area contributed by atoms with Crippen molar-refractivity contribution in [3.63, 3.8) is 0 Å². The maximum absolute atomic E-state index is 14.4. The highest BCUT2D eigenvalue weighted by molar-refractivity contribution is 6.04. The number of amidine groups is 1. The number of pyridine rings is 1. The van der Waals surface area contributed by atoms with Crippen LogP contribution in [0.1, 0.15) is 16.7 Å². The van der Waals surface area contributed by atoms with Crippen molar-refractivity contribution < 1.29 is 31.4 Å². The second kappa shape index (κ2) is 9.16. The number of nitrogens with zero attached hydrogens (tertiary/aromatic N) is 3. The molecule has 4 rings (SSSR count). The molecule has 0 aliphatic carbocycles. The predicted octanol–water partition coefficient (Wildman–Crippen LogP) is 4.91. The summed E-state index contributed by atoms with van der Waals surface area (Å²) in [5.74, 6) is -1.12. The summed E-state index contributed by atoms with van der Waals surface area (Å²) in [5.41, 5.74) is 5.62. The number of hydrogen-bond donors (Lipinski definition) is 1. The van der Waals surface area contributed by atoms with Gasteiger partial charge in [0.2, 0.25) is 5.88 Å². The molecule has 34 heavy (non-hydrogen) atoms. The van der Waals surface area contributed by atoms with Crippen LogP contribution in [0.4, 0.5) is 27.6 Å². The average molecular weight is 478 g/mol. The fraction of sp³-hybridized carbons (Fsp3) is 0.217. The molecule has 0 amide bonds. The maximum Gasteiger partial charge on any atom is 0.416 e. The first-order valence-corrected chi connectivity index (χ1v) is 10.1. The normalized spacial score (nSPS) is 13.4. The standard InChI is InChI=1S/C23H19F5N4O2/c1-33-18-10-13(2-5-17(18)34-19-11-14(6-8-30-19)23(26,27)28)7-9-32-12-31-22(29)20-15(24)3-4-16(25)21(20)32/h2-6,8,10-11H,7,9,12H2,1H3,(H2,29,31). The zero-order valence-electron chi connectivity index (χ0n) is 17.9. The van der Waals surface area contributed by atoms with E-state index >= 15 is 0 Å². The van der Waals surface area contributed by atoms with Crippen LogP contribution in [0, 0.1) is 11.6 Å². The van der Waals surface area contributed by atoms with E-state index in [0.29, 0.717) is 13.0 Å². The largest absolute Gasteiger partial charge is 0.493 e. The third kappa shape index (κ3) is 4.73. The summed E-state index contributed by atoms with van der Waals surface area (Å²) in [5, 5.41) is 0. The molecule has 6 nitrogen and oxygen atoms in total. The van der Waals surface area contributed by atoms with Gasteiger partial charge in [-0.15, -0.1) is 0 Å². The Morgan fingerprint density at radius 3 is 2.53 bits per heavy atom. The topological polar surface area (TPSA) is 73.0 Å². The third-order valence-electron chi connectivity index (χ3n) is 5.24. The van der Waals surface area contributed by atoms with Crippen LogP contribution in [0.3, 0.4) is 0 Å². The highest BCUT2D eigenvalue weighted by atomic mass is 19.4. The fourth-order valence-corrected chi connectivity index (χ4v) is 3.56. The summed E-state index contributed by atoms with van der Waals surface area (Å²) in [4.78, 5) is 9.46. The molecule has 0 saturated heterocycles. The van der Waals surface area contributed by atoms with E-state index in [4.69, 9.17) is 15.2 Å². The summed E-state index contributed by atoms with van der Waals surface area (Å²) in [6.45, 7) is 0.363. The summed E-state index contributed by atoms with van der Waals surface area (Å²) in [6, 6.07) is 8.55. The second-order valence-corrected chi connectivity index (χ2v) is 7.42. The number of alkyl halides is 3. The second-order valence-electron chi connectivity index (χ2n) is 7.42. The first-order chi connectivity index (χ1) is 16.2. The smallest absolute Gasteiger partial charge is 0.416 e. The van der Waals surface area contributed by atoms with Gasteiger partial charge in [-0.1, -0.05) is 6.07 Å². The van der Waals surface area contributed by atoms with Crippen molar-refractivity contribution in [2.45, 2.75) is 12.6 Å². The van der Waals surface area contributed by atoms with Gasteiger partial charge in [0.15, 0.2) is 11.5 Å². The number of aromatic nitrogens is 1. The molecule has 0 spiro atoms. The predicted molar refractivity (Wildman–Crippen MR) is 115 cm³/mol. The Morgan fingerprint density at radius 2 is 1.79 bits per heavy atom. The average Bonchev–Trinajstić information content (AvgIpc) is 2.81. The lowest BCUT2D eigenvalue weighted by molar-refractivity contribution is -0.137. The summed E-state index contributed by atoms with van der Waals surface area (Å²) in [7, 11) is 1.39. The lowest BCUT2D eigenvalue weighted by Crippen LogP contribution is -2.35. The number of hydrogen-bond acceptors (Lipinski definition) is 6. The molecule has 1 aromatic heterocycles. The van der Waals surface area contributed by atoms with Crippen LogP contribution in [0.5, 0.6) is 17.4 Å². The zero-order valence-corrected chi connectivity index (χ0v) is 17.9. The van der Waals surface area contributed by atoms with E-state index in [1.807, 2.05) is 0 Å². The van der Waals surface area contributed by atoms with Crippen molar-refractivity contribution in [3.05, 3.63) is 77.0 Å². The first kappa shape index (κ1) is 23.3. The van der Waals surface area contributed by atoms with Gasteiger partial charge in [-0.25, -0.2) is 18.8 Å². The van der Waals surface area contributed by atoms with Gasteiger partial charge in [-0.05, 0) is 42.3 Å². The molecular formula is C23H19F5N4O2. The molecule has 0 unspecified atom stereocenters. The number of methoxy groups -OCH3 is 1. The molecule has 3 aromatic rings. The molecule has 2 N–H and O–H groups in total. The van der Waals surface area contributed by atoms with E-state index in [1.165, 1.54) is 13.2 Å². The van der Waals surface area contributed by atoms with Gasteiger partial charge < -0.3 is 20.1 Å². The quantitative estimate of drug-likeness (QED) is 0.510. The highest BCUT2D eigenvalue weighted by Crippen LogP contribution is 2.35. The number of benzene rings is 2. The number of anilines is 1. The lowest BCUT2D eigenvalue weighted by atomic mass is 10.1. The van der Waals surface area contributed by atoms with Crippen LogP contribution in [0.25, 0.3) is 0 Å². The number of nitrogens with two attached hydrogens (primary N) is 1. The Balaban J connectivity index is 1.51. The van der Waals surface area contributed by atoms with Gasteiger partial charge in [-0.3, -0.25) is 0 Å². The Labute approximate surface area is 191 Å². The van der Waals surface area contributed by atoms with Gasteiger partial charge in [0, 0.05) is 18.8 Å². The molecule has 1 aliphatic rings. The molecule has 1 aliphatic heterocycles. The molecule has 0 bridgehead atoms. The first-order valence-electron chi connectivity index (χ1n) is 10.1. The summed E-state index contributed by atoms with van der Waals surface area (Å²) < 4.78 is 78.3. The minimum atomic E-state index is -4.53. The third-order valence-corrected chi connectivity index (χ3v) is 5.24. The number of fused-ring (bicyclic) bond motifs is 1. The Kier molecular flexibility index (Phi) is 6.27. The Bertz CT molecular complexity index is 1250. The van der Waals surface area contributed by atoms with E-state index in [9.17, 15) is 22.0 Å². The van der Waals surface area contributed by atoms with Gasteiger partial charge in [0.25, 0.3) is 0 Å². The molecule has 11 heteroatoms. The zero-order chi connectivity index (χ0) is 24.5. The fourth-order valence-electron chi connectivity index (χ4n) is 3.56. The van der Waals surface area contributed by atoms with Gasteiger partial charge in [-0.2, -0.15) is 13.2 Å². The molecule has 178 valence electrons. The van der Waals surface area contributed by atoms with Crippen LogP contribution in [-0.4, -0.2) is 31.1 Å². The lowest BCUT2D eigenvalue weighted by Gasteiger charge is -2.29. The minimum absolute atomic E-state index is 0.0510. The Hall–Kier alpha value is -3.89. The van der Waals surface area contributed by atoms with E-state index in [0.717, 1.165) is 36.0 Å². The van der Waals surface area contributed by atoms with Crippen LogP contribution < -0.4 is 20.1 Å².